The van der Waals surface area contributed by atoms with Crippen LogP contribution in [0.3, 0.4) is 0 Å². The molecule has 3 rings (SSSR count). The second kappa shape index (κ2) is 10.5. The third-order valence-corrected chi connectivity index (χ3v) is 6.18. The zero-order chi connectivity index (χ0) is 22.4. The van der Waals surface area contributed by atoms with Gasteiger partial charge in [-0.1, -0.05) is 11.3 Å². The van der Waals surface area contributed by atoms with Crippen molar-refractivity contribution in [3.63, 3.8) is 0 Å². The lowest BCUT2D eigenvalue weighted by Gasteiger charge is -2.08. The molecule has 9 heteroatoms. The lowest BCUT2D eigenvalue weighted by molar-refractivity contribution is 0.0526. The van der Waals surface area contributed by atoms with Crippen molar-refractivity contribution in [2.75, 3.05) is 32.8 Å². The first-order valence-corrected chi connectivity index (χ1v) is 11.8. The molecular weight excluding hydrogens is 436 g/mol. The van der Waals surface area contributed by atoms with Crippen molar-refractivity contribution >= 4 is 45.2 Å². The van der Waals surface area contributed by atoms with Gasteiger partial charge < -0.3 is 18.8 Å². The molecule has 1 heterocycles. The number of fused-ring (bicyclic) bond motifs is 1. The van der Waals surface area contributed by atoms with Gasteiger partial charge in [-0.25, -0.2) is 4.79 Å². The number of esters is 1. The Kier molecular flexibility index (Phi) is 7.75. The molecule has 0 fully saturated rings. The number of carbonyl (C=O) groups excluding carboxylic acids is 2. The van der Waals surface area contributed by atoms with E-state index in [1.165, 1.54) is 25.6 Å². The topological polar surface area (TPSA) is 79.1 Å². The number of benzene rings is 2. The van der Waals surface area contributed by atoms with Crippen LogP contribution in [0.1, 0.15) is 27.6 Å². The Bertz CT molecular complexity index is 1170. The maximum atomic E-state index is 13.0. The van der Waals surface area contributed by atoms with Crippen molar-refractivity contribution < 1.29 is 23.8 Å². The van der Waals surface area contributed by atoms with E-state index in [1.807, 2.05) is 16.9 Å². The number of carbonyl (C=O) groups is 2. The first kappa shape index (κ1) is 22.9. The van der Waals surface area contributed by atoms with Gasteiger partial charge in [0.15, 0.2) is 4.80 Å². The molecule has 1 aromatic heterocycles. The van der Waals surface area contributed by atoms with Crippen LogP contribution in [0.15, 0.2) is 41.4 Å². The van der Waals surface area contributed by atoms with Gasteiger partial charge in [0.25, 0.3) is 5.91 Å². The number of aryl methyl sites for hydroxylation is 1. The second-order valence-electron chi connectivity index (χ2n) is 6.42. The Morgan fingerprint density at radius 3 is 2.61 bits per heavy atom. The molecule has 0 unspecified atom stereocenters. The number of rotatable bonds is 8. The third kappa shape index (κ3) is 5.11. The summed E-state index contributed by atoms with van der Waals surface area (Å²) in [5, 5.41) is 0. The highest BCUT2D eigenvalue weighted by atomic mass is 32.2. The first-order chi connectivity index (χ1) is 15.0. The van der Waals surface area contributed by atoms with Crippen LogP contribution in [0.2, 0.25) is 0 Å². The zero-order valence-electron chi connectivity index (χ0n) is 17.8. The Balaban J connectivity index is 2.12. The van der Waals surface area contributed by atoms with Gasteiger partial charge in [-0.2, -0.15) is 16.8 Å². The highest BCUT2D eigenvalue weighted by Crippen LogP contribution is 2.25. The second-order valence-corrected chi connectivity index (χ2v) is 8.41. The fourth-order valence-corrected chi connectivity index (χ4v) is 4.49. The summed E-state index contributed by atoms with van der Waals surface area (Å²) in [6, 6.07) is 10.4. The lowest BCUT2D eigenvalue weighted by Crippen LogP contribution is -2.18. The molecule has 0 spiro atoms. The smallest absolute Gasteiger partial charge is 0.338 e. The largest absolute Gasteiger partial charge is 0.497 e. The van der Waals surface area contributed by atoms with Crippen molar-refractivity contribution in [3.05, 3.63) is 52.3 Å². The minimum absolute atomic E-state index is 0.312. The normalized spacial score (nSPS) is 11.5. The Morgan fingerprint density at radius 1 is 1.13 bits per heavy atom. The van der Waals surface area contributed by atoms with Gasteiger partial charge in [0.2, 0.25) is 0 Å². The average molecular weight is 461 g/mol. The van der Waals surface area contributed by atoms with E-state index in [2.05, 4.69) is 4.99 Å². The van der Waals surface area contributed by atoms with E-state index in [0.717, 1.165) is 16.0 Å². The van der Waals surface area contributed by atoms with Crippen molar-refractivity contribution in [2.24, 2.45) is 4.99 Å². The Morgan fingerprint density at radius 2 is 1.94 bits per heavy atom. The van der Waals surface area contributed by atoms with Crippen LogP contribution < -0.4 is 14.3 Å². The predicted molar refractivity (Wildman–Crippen MR) is 124 cm³/mol. The standard InChI is InChI=1S/C22H24N2O5S2/c1-5-29-21(26)14-6-8-17-19(12-14)31-22(24(17)10-11-30-4)23-20(25)16-13-15(27-2)7-9-18(16)28-3/h6-9,12-13H,5,10-11H2,1-4H3. The average Bonchev–Trinajstić information content (AvgIpc) is 3.13. The number of thiazole rings is 1. The van der Waals surface area contributed by atoms with Crippen LogP contribution in [-0.2, 0) is 11.3 Å². The van der Waals surface area contributed by atoms with E-state index in [4.69, 9.17) is 14.2 Å². The molecule has 2 aromatic carbocycles. The number of nitrogens with zero attached hydrogens (tertiary/aromatic N) is 2. The lowest BCUT2D eigenvalue weighted by atomic mass is 10.2. The highest BCUT2D eigenvalue weighted by Gasteiger charge is 2.16. The molecule has 0 saturated heterocycles. The molecular formula is C22H24N2O5S2. The molecule has 1 amide bonds. The maximum absolute atomic E-state index is 13.0. The quantitative estimate of drug-likeness (QED) is 0.473. The molecule has 0 radical (unpaired) electrons. The Hall–Kier alpha value is -2.78. The fourth-order valence-electron chi connectivity index (χ4n) is 3.03. The SMILES string of the molecule is CCOC(=O)c1ccc2c(c1)sc(=NC(=O)c1cc(OC)ccc1OC)n2CCSC. The molecule has 31 heavy (non-hydrogen) atoms. The number of thioether (sulfide) groups is 1. The highest BCUT2D eigenvalue weighted by molar-refractivity contribution is 7.98. The van der Waals surface area contributed by atoms with Gasteiger partial charge in [-0.15, -0.1) is 0 Å². The number of hydrogen-bond donors (Lipinski definition) is 0. The van der Waals surface area contributed by atoms with Crippen LogP contribution in [0.5, 0.6) is 11.5 Å². The van der Waals surface area contributed by atoms with Gasteiger partial charge in [-0.3, -0.25) is 4.79 Å². The number of hydrogen-bond acceptors (Lipinski definition) is 7. The van der Waals surface area contributed by atoms with Gasteiger partial charge in [0.1, 0.15) is 11.5 Å². The number of aromatic nitrogens is 1. The summed E-state index contributed by atoms with van der Waals surface area (Å²) >= 11 is 3.06. The molecule has 0 aliphatic rings. The van der Waals surface area contributed by atoms with E-state index in [9.17, 15) is 9.59 Å². The van der Waals surface area contributed by atoms with Gasteiger partial charge >= 0.3 is 5.97 Å². The van der Waals surface area contributed by atoms with Crippen molar-refractivity contribution in [3.8, 4) is 11.5 Å². The summed E-state index contributed by atoms with van der Waals surface area (Å²) in [5.74, 6) is 1.03. The van der Waals surface area contributed by atoms with E-state index in [1.54, 1.807) is 49.0 Å². The summed E-state index contributed by atoms with van der Waals surface area (Å²) in [7, 11) is 3.05. The predicted octanol–water partition coefficient (Wildman–Crippen LogP) is 4.00. The number of amides is 1. The Labute approximate surface area is 188 Å². The van der Waals surface area contributed by atoms with E-state index >= 15 is 0 Å². The molecule has 164 valence electrons. The molecule has 3 aromatic rings. The summed E-state index contributed by atoms with van der Waals surface area (Å²) in [6.45, 7) is 2.77. The van der Waals surface area contributed by atoms with E-state index in [0.29, 0.717) is 40.6 Å². The van der Waals surface area contributed by atoms with Gasteiger partial charge in [0.05, 0.1) is 42.2 Å². The molecule has 0 saturated carbocycles. The number of ether oxygens (including phenoxy) is 3. The van der Waals surface area contributed by atoms with E-state index < -0.39 is 5.91 Å². The minimum Gasteiger partial charge on any atom is -0.497 e. The van der Waals surface area contributed by atoms with Crippen molar-refractivity contribution in [1.29, 1.82) is 0 Å². The van der Waals surface area contributed by atoms with Crippen LogP contribution >= 0.6 is 23.1 Å². The summed E-state index contributed by atoms with van der Waals surface area (Å²) < 4.78 is 18.5. The maximum Gasteiger partial charge on any atom is 0.338 e. The molecule has 0 aliphatic carbocycles. The summed E-state index contributed by atoms with van der Waals surface area (Å²) in [4.78, 5) is 30.1. The summed E-state index contributed by atoms with van der Waals surface area (Å²) in [5.41, 5.74) is 1.71. The molecule has 7 nitrogen and oxygen atoms in total. The van der Waals surface area contributed by atoms with Crippen LogP contribution in [0.25, 0.3) is 10.2 Å². The monoisotopic (exact) mass is 460 g/mol. The number of methoxy groups -OCH3 is 2. The van der Waals surface area contributed by atoms with Crippen molar-refractivity contribution in [1.82, 2.24) is 4.57 Å². The van der Waals surface area contributed by atoms with Gasteiger partial charge in [-0.05, 0) is 49.6 Å². The zero-order valence-corrected chi connectivity index (χ0v) is 19.5. The van der Waals surface area contributed by atoms with Crippen LogP contribution in [-0.4, -0.2) is 49.3 Å². The van der Waals surface area contributed by atoms with Gasteiger partial charge in [0, 0.05) is 12.3 Å². The molecule has 0 bridgehead atoms. The fraction of sp³-hybridized carbons (Fsp3) is 0.318. The molecule has 0 atom stereocenters. The van der Waals surface area contributed by atoms with Crippen LogP contribution in [0, 0.1) is 0 Å². The summed E-state index contributed by atoms with van der Waals surface area (Å²) in [6.07, 6.45) is 2.02. The van der Waals surface area contributed by atoms with Crippen LogP contribution in [0.4, 0.5) is 0 Å². The molecule has 0 aliphatic heterocycles. The van der Waals surface area contributed by atoms with E-state index in [-0.39, 0.29) is 5.97 Å². The van der Waals surface area contributed by atoms with Crippen molar-refractivity contribution in [2.45, 2.75) is 13.5 Å². The first-order valence-electron chi connectivity index (χ1n) is 9.62. The third-order valence-electron chi connectivity index (χ3n) is 4.55. The minimum atomic E-state index is -0.425. The molecule has 0 N–H and O–H groups in total.